The molecule has 0 bridgehead atoms. The number of nitrogens with two attached hydrogens (primary N) is 1. The minimum Gasteiger partial charge on any atom is -0.368 e. The molecule has 2 N–H and O–H groups in total. The molecule has 146 valence electrons. The van der Waals surface area contributed by atoms with Crippen molar-refractivity contribution in [3.8, 4) is 0 Å². The number of likely N-dealkylation sites (tertiary alicyclic amines) is 1. The summed E-state index contributed by atoms with van der Waals surface area (Å²) in [5.41, 5.74) is 7.13. The third kappa shape index (κ3) is 4.84. The fourth-order valence-electron chi connectivity index (χ4n) is 3.79. The van der Waals surface area contributed by atoms with Crippen LogP contribution in [0, 0.1) is 12.8 Å². The van der Waals surface area contributed by atoms with Crippen molar-refractivity contribution in [2.45, 2.75) is 65.5 Å². The number of anilines is 1. The van der Waals surface area contributed by atoms with Crippen LogP contribution in [0.2, 0.25) is 0 Å². The first-order valence-electron chi connectivity index (χ1n) is 9.86. The molecule has 0 saturated carbocycles. The SMILES string of the molecule is Cc1nccn1CC[C@@H]1CCCCN1C(=O)c1cc(CC(C)C)nc(N)n1. The standard InChI is InChI=1S/C20H30N6O/c1-14(2)12-16-13-18(24-20(21)23-16)19(27)26-9-5-4-6-17(26)7-10-25-11-8-22-15(25)3/h8,11,13-14,17H,4-7,9-10,12H2,1-3H3,(H2,21,23,24)/t17-/m0/s1. The molecule has 1 amide bonds. The van der Waals surface area contributed by atoms with Crippen LogP contribution in [0.15, 0.2) is 18.5 Å². The van der Waals surface area contributed by atoms with Gasteiger partial charge in [-0.2, -0.15) is 0 Å². The fraction of sp³-hybridized carbons (Fsp3) is 0.600. The quantitative estimate of drug-likeness (QED) is 0.844. The van der Waals surface area contributed by atoms with E-state index in [1.165, 1.54) is 0 Å². The molecule has 0 radical (unpaired) electrons. The van der Waals surface area contributed by atoms with E-state index in [2.05, 4.69) is 33.4 Å². The van der Waals surface area contributed by atoms with Gasteiger partial charge >= 0.3 is 0 Å². The van der Waals surface area contributed by atoms with Crippen molar-refractivity contribution >= 4 is 11.9 Å². The first-order chi connectivity index (χ1) is 12.9. The van der Waals surface area contributed by atoms with Gasteiger partial charge in [-0.25, -0.2) is 15.0 Å². The molecular weight excluding hydrogens is 340 g/mol. The summed E-state index contributed by atoms with van der Waals surface area (Å²) in [5, 5.41) is 0. The molecule has 1 fully saturated rings. The van der Waals surface area contributed by atoms with Crippen LogP contribution < -0.4 is 5.73 Å². The summed E-state index contributed by atoms with van der Waals surface area (Å²) in [4.78, 5) is 28.0. The minimum atomic E-state index is -0.0267. The van der Waals surface area contributed by atoms with Crippen LogP contribution in [-0.2, 0) is 13.0 Å². The second kappa shape index (κ2) is 8.50. The molecule has 0 unspecified atom stereocenters. The van der Waals surface area contributed by atoms with Crippen molar-refractivity contribution in [3.63, 3.8) is 0 Å². The van der Waals surface area contributed by atoms with Gasteiger partial charge in [0, 0.05) is 37.2 Å². The molecule has 7 heteroatoms. The van der Waals surface area contributed by atoms with Crippen LogP contribution in [-0.4, -0.2) is 42.9 Å². The average molecular weight is 371 g/mol. The van der Waals surface area contributed by atoms with Crippen LogP contribution in [0.1, 0.15) is 61.5 Å². The van der Waals surface area contributed by atoms with E-state index >= 15 is 0 Å². The Balaban J connectivity index is 1.74. The van der Waals surface area contributed by atoms with Crippen molar-refractivity contribution in [1.29, 1.82) is 0 Å². The van der Waals surface area contributed by atoms with Gasteiger partial charge in [0.1, 0.15) is 11.5 Å². The van der Waals surface area contributed by atoms with E-state index in [9.17, 15) is 4.79 Å². The number of carbonyl (C=O) groups is 1. The Hall–Kier alpha value is -2.44. The lowest BCUT2D eigenvalue weighted by Crippen LogP contribution is -2.44. The maximum absolute atomic E-state index is 13.2. The Morgan fingerprint density at radius 3 is 2.85 bits per heavy atom. The molecule has 2 aromatic heterocycles. The van der Waals surface area contributed by atoms with E-state index in [1.807, 2.05) is 30.3 Å². The second-order valence-corrected chi connectivity index (χ2v) is 7.81. The third-order valence-corrected chi connectivity index (χ3v) is 5.15. The van der Waals surface area contributed by atoms with Crippen LogP contribution in [0.5, 0.6) is 0 Å². The molecule has 27 heavy (non-hydrogen) atoms. The topological polar surface area (TPSA) is 89.9 Å². The maximum atomic E-state index is 13.2. The van der Waals surface area contributed by atoms with Crippen molar-refractivity contribution in [1.82, 2.24) is 24.4 Å². The molecule has 1 saturated heterocycles. The monoisotopic (exact) mass is 370 g/mol. The molecular formula is C20H30N6O. The zero-order valence-electron chi connectivity index (χ0n) is 16.6. The summed E-state index contributed by atoms with van der Waals surface area (Å²) in [5.74, 6) is 1.61. The zero-order valence-corrected chi connectivity index (χ0v) is 16.6. The summed E-state index contributed by atoms with van der Waals surface area (Å²) in [6.07, 6.45) is 8.73. The number of aromatic nitrogens is 4. The predicted octanol–water partition coefficient (Wildman–Crippen LogP) is 2.85. The summed E-state index contributed by atoms with van der Waals surface area (Å²) in [7, 11) is 0. The summed E-state index contributed by atoms with van der Waals surface area (Å²) in [6, 6.07) is 2.03. The maximum Gasteiger partial charge on any atom is 0.272 e. The molecule has 0 aliphatic carbocycles. The molecule has 3 heterocycles. The highest BCUT2D eigenvalue weighted by Gasteiger charge is 2.28. The molecule has 2 aromatic rings. The zero-order chi connectivity index (χ0) is 19.4. The van der Waals surface area contributed by atoms with E-state index in [4.69, 9.17) is 5.73 Å². The smallest absolute Gasteiger partial charge is 0.272 e. The van der Waals surface area contributed by atoms with Gasteiger partial charge in [0.25, 0.3) is 5.91 Å². The largest absolute Gasteiger partial charge is 0.368 e. The van der Waals surface area contributed by atoms with E-state index < -0.39 is 0 Å². The summed E-state index contributed by atoms with van der Waals surface area (Å²) in [6.45, 7) is 7.89. The number of carbonyl (C=O) groups excluding carboxylic acids is 1. The van der Waals surface area contributed by atoms with Gasteiger partial charge in [-0.3, -0.25) is 4.79 Å². The number of hydrogen-bond acceptors (Lipinski definition) is 5. The van der Waals surface area contributed by atoms with Gasteiger partial charge < -0.3 is 15.2 Å². The van der Waals surface area contributed by atoms with E-state index in [0.29, 0.717) is 11.6 Å². The first kappa shape index (κ1) is 19.3. The Kier molecular flexibility index (Phi) is 6.08. The lowest BCUT2D eigenvalue weighted by Gasteiger charge is -2.36. The Morgan fingerprint density at radius 2 is 2.15 bits per heavy atom. The molecule has 0 spiro atoms. The van der Waals surface area contributed by atoms with E-state index in [1.54, 1.807) is 0 Å². The van der Waals surface area contributed by atoms with Crippen LogP contribution in [0.4, 0.5) is 5.95 Å². The highest BCUT2D eigenvalue weighted by molar-refractivity contribution is 5.93. The number of nitrogens with zero attached hydrogens (tertiary/aromatic N) is 5. The average Bonchev–Trinajstić information content (AvgIpc) is 3.03. The number of nitrogen functional groups attached to an aromatic ring is 1. The molecule has 0 aromatic carbocycles. The third-order valence-electron chi connectivity index (χ3n) is 5.15. The summed E-state index contributed by atoms with van der Waals surface area (Å²) >= 11 is 0. The fourth-order valence-corrected chi connectivity index (χ4v) is 3.79. The van der Waals surface area contributed by atoms with Crippen molar-refractivity contribution in [2.24, 2.45) is 5.92 Å². The predicted molar refractivity (Wildman–Crippen MR) is 105 cm³/mol. The van der Waals surface area contributed by atoms with Crippen LogP contribution >= 0.6 is 0 Å². The lowest BCUT2D eigenvalue weighted by molar-refractivity contribution is 0.0589. The number of hydrogen-bond donors (Lipinski definition) is 1. The summed E-state index contributed by atoms with van der Waals surface area (Å²) < 4.78 is 2.14. The van der Waals surface area contributed by atoms with Crippen LogP contribution in [0.3, 0.4) is 0 Å². The van der Waals surface area contributed by atoms with Crippen LogP contribution in [0.25, 0.3) is 0 Å². The Bertz CT molecular complexity index is 785. The van der Waals surface area contributed by atoms with Gasteiger partial charge in [-0.1, -0.05) is 13.8 Å². The highest BCUT2D eigenvalue weighted by Crippen LogP contribution is 2.23. The molecule has 1 atom stereocenters. The lowest BCUT2D eigenvalue weighted by atomic mass is 9.98. The van der Waals surface area contributed by atoms with Gasteiger partial charge in [0.05, 0.1) is 0 Å². The number of piperidine rings is 1. The highest BCUT2D eigenvalue weighted by atomic mass is 16.2. The van der Waals surface area contributed by atoms with Crippen molar-refractivity contribution in [2.75, 3.05) is 12.3 Å². The second-order valence-electron chi connectivity index (χ2n) is 7.81. The molecule has 7 nitrogen and oxygen atoms in total. The van der Waals surface area contributed by atoms with Gasteiger partial charge in [0.2, 0.25) is 5.95 Å². The molecule has 1 aliphatic heterocycles. The number of imidazole rings is 1. The number of rotatable bonds is 6. The molecule has 3 rings (SSSR count). The first-order valence-corrected chi connectivity index (χ1v) is 9.86. The van der Waals surface area contributed by atoms with Crippen molar-refractivity contribution < 1.29 is 4.79 Å². The van der Waals surface area contributed by atoms with Gasteiger partial charge in [-0.05, 0) is 51.0 Å². The molecule has 1 aliphatic rings. The Labute approximate surface area is 161 Å². The van der Waals surface area contributed by atoms with E-state index in [-0.39, 0.29) is 17.9 Å². The Morgan fingerprint density at radius 1 is 1.33 bits per heavy atom. The van der Waals surface area contributed by atoms with E-state index in [0.717, 1.165) is 56.7 Å². The minimum absolute atomic E-state index is 0.0267. The normalized spacial score (nSPS) is 17.5. The van der Waals surface area contributed by atoms with Gasteiger partial charge in [-0.15, -0.1) is 0 Å². The number of aryl methyl sites for hydroxylation is 2. The van der Waals surface area contributed by atoms with Gasteiger partial charge in [0.15, 0.2) is 0 Å². The number of amides is 1. The van der Waals surface area contributed by atoms with Crippen molar-refractivity contribution in [3.05, 3.63) is 35.7 Å².